The molecule has 0 aliphatic rings. The summed E-state index contributed by atoms with van der Waals surface area (Å²) in [6.45, 7) is 3.82. The third-order valence-corrected chi connectivity index (χ3v) is 5.05. The van der Waals surface area contributed by atoms with Crippen molar-refractivity contribution in [3.8, 4) is 5.75 Å². The van der Waals surface area contributed by atoms with Crippen molar-refractivity contribution in [1.29, 1.82) is 0 Å². The highest BCUT2D eigenvalue weighted by Crippen LogP contribution is 2.30. The van der Waals surface area contributed by atoms with Crippen LogP contribution in [0, 0.1) is 13.8 Å². The van der Waals surface area contributed by atoms with E-state index in [2.05, 4.69) is 5.32 Å². The van der Waals surface area contributed by atoms with E-state index < -0.39 is 0 Å². The van der Waals surface area contributed by atoms with Crippen LogP contribution in [-0.2, 0) is 0 Å². The van der Waals surface area contributed by atoms with Crippen molar-refractivity contribution in [3.63, 3.8) is 0 Å². The number of furan rings is 1. The third-order valence-electron chi connectivity index (χ3n) is 5.05. The number of carbonyl (C=O) groups excluding carboxylic acids is 2. The predicted molar refractivity (Wildman–Crippen MR) is 117 cm³/mol. The van der Waals surface area contributed by atoms with Crippen LogP contribution in [0.3, 0.4) is 0 Å². The summed E-state index contributed by atoms with van der Waals surface area (Å²) in [5, 5.41) is 3.70. The zero-order valence-corrected chi connectivity index (χ0v) is 17.0. The summed E-state index contributed by atoms with van der Waals surface area (Å²) >= 11 is 0. The van der Waals surface area contributed by atoms with Crippen molar-refractivity contribution in [1.82, 2.24) is 0 Å². The van der Waals surface area contributed by atoms with Gasteiger partial charge in [0.05, 0.1) is 7.11 Å². The van der Waals surface area contributed by atoms with E-state index in [0.29, 0.717) is 28.1 Å². The van der Waals surface area contributed by atoms with Crippen LogP contribution in [0.2, 0.25) is 0 Å². The topological polar surface area (TPSA) is 68.5 Å². The molecule has 0 spiro atoms. The second-order valence-corrected chi connectivity index (χ2v) is 7.15. The van der Waals surface area contributed by atoms with Crippen LogP contribution in [-0.4, -0.2) is 18.8 Å². The molecule has 3 aromatic carbocycles. The molecule has 5 heteroatoms. The van der Waals surface area contributed by atoms with Crippen molar-refractivity contribution >= 4 is 28.3 Å². The maximum absolute atomic E-state index is 13.0. The molecule has 4 rings (SSSR count). The van der Waals surface area contributed by atoms with Gasteiger partial charge in [-0.1, -0.05) is 29.8 Å². The van der Waals surface area contributed by atoms with Crippen LogP contribution in [0.1, 0.15) is 37.6 Å². The number of rotatable bonds is 5. The lowest BCUT2D eigenvalue weighted by atomic mass is 10.0. The number of nitrogens with one attached hydrogen (secondary N) is 1. The molecule has 0 saturated heterocycles. The number of aryl methyl sites for hydroxylation is 2. The minimum Gasteiger partial charge on any atom is -0.497 e. The van der Waals surface area contributed by atoms with E-state index in [-0.39, 0.29) is 17.5 Å². The molecule has 5 nitrogen and oxygen atoms in total. The summed E-state index contributed by atoms with van der Waals surface area (Å²) in [6, 6.07) is 19.7. The molecule has 0 atom stereocenters. The van der Waals surface area contributed by atoms with Gasteiger partial charge in [-0.3, -0.25) is 9.59 Å². The van der Waals surface area contributed by atoms with Gasteiger partial charge >= 0.3 is 0 Å². The van der Waals surface area contributed by atoms with E-state index >= 15 is 0 Å². The fraction of sp³-hybridized carbons (Fsp3) is 0.120. The third kappa shape index (κ3) is 3.70. The number of methoxy groups -OCH3 is 1. The van der Waals surface area contributed by atoms with Gasteiger partial charge in [-0.2, -0.15) is 0 Å². The monoisotopic (exact) mass is 399 g/mol. The molecular formula is C25H21NO4. The number of amides is 1. The van der Waals surface area contributed by atoms with E-state index in [4.69, 9.17) is 9.15 Å². The number of carbonyl (C=O) groups is 2. The average molecular weight is 399 g/mol. The van der Waals surface area contributed by atoms with Crippen molar-refractivity contribution < 1.29 is 18.7 Å². The smallest absolute Gasteiger partial charge is 0.255 e. The van der Waals surface area contributed by atoms with Crippen LogP contribution in [0.4, 0.5) is 5.69 Å². The fourth-order valence-electron chi connectivity index (χ4n) is 3.32. The van der Waals surface area contributed by atoms with E-state index in [1.165, 1.54) is 0 Å². The van der Waals surface area contributed by atoms with Gasteiger partial charge in [0.2, 0.25) is 5.78 Å². The molecule has 1 N–H and O–H groups in total. The van der Waals surface area contributed by atoms with Crippen LogP contribution < -0.4 is 10.1 Å². The van der Waals surface area contributed by atoms with Gasteiger partial charge in [0.15, 0.2) is 5.76 Å². The van der Waals surface area contributed by atoms with Gasteiger partial charge in [0.25, 0.3) is 5.91 Å². The predicted octanol–water partition coefficient (Wildman–Crippen LogP) is 5.54. The van der Waals surface area contributed by atoms with E-state index in [9.17, 15) is 9.59 Å². The highest BCUT2D eigenvalue weighted by molar-refractivity contribution is 6.11. The number of benzene rings is 3. The number of hydrogen-bond acceptors (Lipinski definition) is 4. The highest BCUT2D eigenvalue weighted by Gasteiger charge is 2.20. The van der Waals surface area contributed by atoms with Gasteiger partial charge in [-0.15, -0.1) is 0 Å². The molecule has 0 aliphatic carbocycles. The van der Waals surface area contributed by atoms with E-state index in [1.54, 1.807) is 55.6 Å². The molecule has 0 bridgehead atoms. The lowest BCUT2D eigenvalue weighted by Crippen LogP contribution is -2.11. The Morgan fingerprint density at radius 2 is 1.67 bits per heavy atom. The van der Waals surface area contributed by atoms with Crippen molar-refractivity contribution in [3.05, 3.63) is 94.7 Å². The second kappa shape index (κ2) is 7.87. The lowest BCUT2D eigenvalue weighted by Gasteiger charge is -2.05. The Labute approximate surface area is 174 Å². The van der Waals surface area contributed by atoms with Crippen LogP contribution in [0.5, 0.6) is 5.75 Å². The van der Waals surface area contributed by atoms with Gasteiger partial charge < -0.3 is 14.5 Å². The largest absolute Gasteiger partial charge is 0.497 e. The summed E-state index contributed by atoms with van der Waals surface area (Å²) in [5.74, 6) is 0.467. The molecule has 0 unspecified atom stereocenters. The maximum Gasteiger partial charge on any atom is 0.255 e. The first kappa shape index (κ1) is 19.5. The summed E-state index contributed by atoms with van der Waals surface area (Å²) in [6.07, 6.45) is 0. The lowest BCUT2D eigenvalue weighted by molar-refractivity contribution is 0.101. The Hall–Kier alpha value is -3.86. The molecule has 0 radical (unpaired) electrons. The van der Waals surface area contributed by atoms with Crippen LogP contribution in [0.25, 0.3) is 11.0 Å². The number of anilines is 1. The molecule has 4 aromatic rings. The zero-order valence-electron chi connectivity index (χ0n) is 17.0. The van der Waals surface area contributed by atoms with E-state index in [0.717, 1.165) is 16.5 Å². The minimum absolute atomic E-state index is 0.203. The van der Waals surface area contributed by atoms with Gasteiger partial charge in [-0.25, -0.2) is 0 Å². The molecule has 0 saturated carbocycles. The highest BCUT2D eigenvalue weighted by atomic mass is 16.5. The van der Waals surface area contributed by atoms with Gasteiger partial charge in [0, 0.05) is 33.8 Å². The van der Waals surface area contributed by atoms with Crippen molar-refractivity contribution in [2.75, 3.05) is 12.4 Å². The van der Waals surface area contributed by atoms with Gasteiger partial charge in [-0.05, 0) is 50.2 Å². The molecule has 1 amide bonds. The molecule has 0 aliphatic heterocycles. The Bertz CT molecular complexity index is 1250. The summed E-state index contributed by atoms with van der Waals surface area (Å²) < 4.78 is 11.1. The minimum atomic E-state index is -0.215. The zero-order chi connectivity index (χ0) is 21.3. The summed E-state index contributed by atoms with van der Waals surface area (Å²) in [4.78, 5) is 25.4. The molecule has 150 valence electrons. The first-order chi connectivity index (χ1) is 14.5. The first-order valence-electron chi connectivity index (χ1n) is 9.56. The van der Waals surface area contributed by atoms with Crippen LogP contribution >= 0.6 is 0 Å². The molecule has 1 aromatic heterocycles. The van der Waals surface area contributed by atoms with Crippen molar-refractivity contribution in [2.45, 2.75) is 13.8 Å². The molecular weight excluding hydrogens is 378 g/mol. The SMILES string of the molecule is COc1cccc(C(=O)c2oc3cc(NC(=O)c4ccc(C)cc4)ccc3c2C)c1. The number of fused-ring (bicyclic) bond motifs is 1. The quantitative estimate of drug-likeness (QED) is 0.447. The summed E-state index contributed by atoms with van der Waals surface area (Å²) in [7, 11) is 1.56. The number of ketones is 1. The maximum atomic E-state index is 13.0. The summed E-state index contributed by atoms with van der Waals surface area (Å²) in [5.41, 5.74) is 4.05. The first-order valence-corrected chi connectivity index (χ1v) is 9.56. The van der Waals surface area contributed by atoms with Crippen molar-refractivity contribution in [2.24, 2.45) is 0 Å². The van der Waals surface area contributed by atoms with Gasteiger partial charge in [0.1, 0.15) is 11.3 Å². The van der Waals surface area contributed by atoms with E-state index in [1.807, 2.05) is 32.0 Å². The molecule has 0 fully saturated rings. The Morgan fingerprint density at radius 1 is 0.900 bits per heavy atom. The van der Waals surface area contributed by atoms with Crippen LogP contribution in [0.15, 0.2) is 71.1 Å². The molecule has 1 heterocycles. The Balaban J connectivity index is 1.63. The second-order valence-electron chi connectivity index (χ2n) is 7.15. The standard InChI is InChI=1S/C25H21NO4/c1-15-7-9-17(10-8-15)25(28)26-19-11-12-21-16(2)24(30-22(21)14-19)23(27)18-5-4-6-20(13-18)29-3/h4-14H,1-3H3,(H,26,28). The molecule has 30 heavy (non-hydrogen) atoms. The number of hydrogen-bond donors (Lipinski definition) is 1. The Morgan fingerprint density at radius 3 is 2.40 bits per heavy atom. The normalized spacial score (nSPS) is 10.8. The number of ether oxygens (including phenoxy) is 1. The average Bonchev–Trinajstić information content (AvgIpc) is 3.09. The Kier molecular flexibility index (Phi) is 5.11. The fourth-order valence-corrected chi connectivity index (χ4v) is 3.32.